The van der Waals surface area contributed by atoms with E-state index in [9.17, 15) is 4.79 Å². The molecule has 0 bridgehead atoms. The Hall–Kier alpha value is -2.47. The lowest BCUT2D eigenvalue weighted by molar-refractivity contribution is 0.0952. The van der Waals surface area contributed by atoms with Crippen LogP contribution >= 0.6 is 0 Å². The number of aromatic nitrogens is 2. The molecule has 0 saturated heterocycles. The summed E-state index contributed by atoms with van der Waals surface area (Å²) in [5.74, 6) is 1.04. The van der Waals surface area contributed by atoms with Gasteiger partial charge < -0.3 is 15.4 Å². The Morgan fingerprint density at radius 2 is 2.04 bits per heavy atom. The van der Waals surface area contributed by atoms with Gasteiger partial charge in [-0.3, -0.25) is 4.79 Å². The minimum Gasteiger partial charge on any atom is -0.385 e. The molecule has 1 amide bonds. The van der Waals surface area contributed by atoms with Crippen molar-refractivity contribution in [3.05, 3.63) is 41.6 Å². The van der Waals surface area contributed by atoms with Crippen molar-refractivity contribution in [2.24, 2.45) is 5.92 Å². The minimum atomic E-state index is -0.113. The molecule has 3 rings (SSSR count). The van der Waals surface area contributed by atoms with Gasteiger partial charge in [-0.05, 0) is 32.1 Å². The summed E-state index contributed by atoms with van der Waals surface area (Å²) in [7, 11) is 1.68. The van der Waals surface area contributed by atoms with Crippen LogP contribution in [0, 0.1) is 12.8 Å². The van der Waals surface area contributed by atoms with E-state index < -0.39 is 0 Å². The van der Waals surface area contributed by atoms with Crippen LogP contribution in [0.25, 0.3) is 11.3 Å². The van der Waals surface area contributed by atoms with Gasteiger partial charge in [-0.15, -0.1) is 0 Å². The molecule has 0 unspecified atom stereocenters. The molecule has 1 aromatic heterocycles. The third-order valence-corrected chi connectivity index (χ3v) is 4.41. The molecule has 1 fully saturated rings. The molecule has 1 heterocycles. The molecule has 26 heavy (non-hydrogen) atoms. The molecule has 6 heteroatoms. The van der Waals surface area contributed by atoms with Crippen LogP contribution in [0.5, 0.6) is 0 Å². The molecule has 1 aliphatic rings. The van der Waals surface area contributed by atoms with E-state index in [0.717, 1.165) is 18.5 Å². The van der Waals surface area contributed by atoms with Crippen molar-refractivity contribution in [1.82, 2.24) is 15.3 Å². The fraction of sp³-hybridized carbons (Fsp3) is 0.450. The molecule has 0 spiro atoms. The number of nitrogens with zero attached hydrogens (tertiary/aromatic N) is 2. The summed E-state index contributed by atoms with van der Waals surface area (Å²) in [6.45, 7) is 4.16. The smallest absolute Gasteiger partial charge is 0.255 e. The van der Waals surface area contributed by atoms with Gasteiger partial charge >= 0.3 is 0 Å². The Balaban J connectivity index is 1.81. The van der Waals surface area contributed by atoms with E-state index in [1.165, 1.54) is 18.4 Å². The number of hydrogen-bond acceptors (Lipinski definition) is 5. The predicted octanol–water partition coefficient (Wildman–Crippen LogP) is 3.04. The van der Waals surface area contributed by atoms with Gasteiger partial charge in [-0.2, -0.15) is 0 Å². The van der Waals surface area contributed by atoms with Crippen molar-refractivity contribution < 1.29 is 9.53 Å². The summed E-state index contributed by atoms with van der Waals surface area (Å²) in [4.78, 5) is 21.6. The molecular formula is C20H26N4O2. The zero-order valence-corrected chi connectivity index (χ0v) is 15.4. The van der Waals surface area contributed by atoms with Crippen LogP contribution in [0.3, 0.4) is 0 Å². The fourth-order valence-electron chi connectivity index (χ4n) is 2.64. The molecule has 2 N–H and O–H groups in total. The highest BCUT2D eigenvalue weighted by molar-refractivity contribution is 5.99. The molecule has 6 nitrogen and oxygen atoms in total. The first-order valence-electron chi connectivity index (χ1n) is 9.12. The Bertz CT molecular complexity index is 742. The summed E-state index contributed by atoms with van der Waals surface area (Å²) in [5.41, 5.74) is 3.24. The molecule has 1 aromatic carbocycles. The maximum atomic E-state index is 12.6. The standard InChI is InChI=1S/C20H26N4O2/c1-14-4-8-16(9-5-14)18-17(19(25)22-12-15-6-7-15)13-23-20(24-18)21-10-3-11-26-2/h4-5,8-9,13,15H,3,6-7,10-12H2,1-2H3,(H,22,25)(H,21,23,24). The van der Waals surface area contributed by atoms with E-state index in [1.807, 2.05) is 31.2 Å². The Morgan fingerprint density at radius 3 is 2.73 bits per heavy atom. The number of anilines is 1. The average Bonchev–Trinajstić information content (AvgIpc) is 3.48. The number of hydrogen-bond donors (Lipinski definition) is 2. The number of benzene rings is 1. The highest BCUT2D eigenvalue weighted by Crippen LogP contribution is 2.28. The van der Waals surface area contributed by atoms with Crippen molar-refractivity contribution in [3.63, 3.8) is 0 Å². The van der Waals surface area contributed by atoms with E-state index in [2.05, 4.69) is 20.6 Å². The van der Waals surface area contributed by atoms with Crippen LogP contribution < -0.4 is 10.6 Å². The third kappa shape index (κ3) is 5.02. The van der Waals surface area contributed by atoms with Gasteiger partial charge in [0.2, 0.25) is 5.95 Å². The van der Waals surface area contributed by atoms with Crippen LogP contribution in [0.15, 0.2) is 30.5 Å². The van der Waals surface area contributed by atoms with Gasteiger partial charge in [0.25, 0.3) is 5.91 Å². The number of amides is 1. The summed E-state index contributed by atoms with van der Waals surface area (Å²) in [6.07, 6.45) is 4.88. The second-order valence-corrected chi connectivity index (χ2v) is 6.75. The normalized spacial score (nSPS) is 13.5. The van der Waals surface area contributed by atoms with E-state index in [1.54, 1.807) is 13.3 Å². The fourth-order valence-corrected chi connectivity index (χ4v) is 2.64. The Labute approximate surface area is 154 Å². The molecular weight excluding hydrogens is 328 g/mol. The van der Waals surface area contributed by atoms with E-state index in [-0.39, 0.29) is 5.91 Å². The zero-order valence-electron chi connectivity index (χ0n) is 15.4. The van der Waals surface area contributed by atoms with Crippen LogP contribution in [-0.4, -0.2) is 42.7 Å². The van der Waals surface area contributed by atoms with Crippen LogP contribution in [-0.2, 0) is 4.74 Å². The van der Waals surface area contributed by atoms with E-state index in [0.29, 0.717) is 36.3 Å². The molecule has 1 saturated carbocycles. The first-order valence-corrected chi connectivity index (χ1v) is 9.12. The SMILES string of the molecule is COCCCNc1ncc(C(=O)NCC2CC2)c(-c2ccc(C)cc2)n1. The maximum Gasteiger partial charge on any atom is 0.255 e. The number of aryl methyl sites for hydroxylation is 1. The number of ether oxygens (including phenoxy) is 1. The molecule has 138 valence electrons. The monoisotopic (exact) mass is 354 g/mol. The largest absolute Gasteiger partial charge is 0.385 e. The number of carbonyl (C=O) groups is 1. The highest BCUT2D eigenvalue weighted by Gasteiger charge is 2.23. The van der Waals surface area contributed by atoms with Crippen LogP contribution in [0.1, 0.15) is 35.2 Å². The van der Waals surface area contributed by atoms with Gasteiger partial charge in [0.15, 0.2) is 0 Å². The van der Waals surface area contributed by atoms with Crippen molar-refractivity contribution >= 4 is 11.9 Å². The first-order chi connectivity index (χ1) is 12.7. The highest BCUT2D eigenvalue weighted by atomic mass is 16.5. The number of rotatable bonds is 9. The van der Waals surface area contributed by atoms with Crippen molar-refractivity contribution in [1.29, 1.82) is 0 Å². The summed E-state index contributed by atoms with van der Waals surface area (Å²) < 4.78 is 5.05. The molecule has 0 radical (unpaired) electrons. The van der Waals surface area contributed by atoms with Gasteiger partial charge in [-0.1, -0.05) is 29.8 Å². The lowest BCUT2D eigenvalue weighted by Crippen LogP contribution is -2.26. The predicted molar refractivity (Wildman–Crippen MR) is 102 cm³/mol. The number of methoxy groups -OCH3 is 1. The van der Waals surface area contributed by atoms with Gasteiger partial charge in [0, 0.05) is 38.6 Å². The second-order valence-electron chi connectivity index (χ2n) is 6.75. The second kappa shape index (κ2) is 8.76. The van der Waals surface area contributed by atoms with Gasteiger partial charge in [0.05, 0.1) is 11.3 Å². The first kappa shape index (κ1) is 18.3. The van der Waals surface area contributed by atoms with Crippen molar-refractivity contribution in [2.45, 2.75) is 26.2 Å². The summed E-state index contributed by atoms with van der Waals surface area (Å²) in [5, 5.41) is 6.20. The topological polar surface area (TPSA) is 76.1 Å². The van der Waals surface area contributed by atoms with E-state index in [4.69, 9.17) is 4.74 Å². The molecule has 0 aliphatic heterocycles. The van der Waals surface area contributed by atoms with Gasteiger partial charge in [-0.25, -0.2) is 9.97 Å². The Kier molecular flexibility index (Phi) is 6.17. The Morgan fingerprint density at radius 1 is 1.27 bits per heavy atom. The zero-order chi connectivity index (χ0) is 18.4. The third-order valence-electron chi connectivity index (χ3n) is 4.41. The quantitative estimate of drug-likeness (QED) is 0.677. The summed E-state index contributed by atoms with van der Waals surface area (Å²) in [6, 6.07) is 8.03. The lowest BCUT2D eigenvalue weighted by Gasteiger charge is -2.12. The average molecular weight is 354 g/mol. The number of nitrogens with one attached hydrogen (secondary N) is 2. The van der Waals surface area contributed by atoms with E-state index >= 15 is 0 Å². The lowest BCUT2D eigenvalue weighted by atomic mass is 10.1. The minimum absolute atomic E-state index is 0.113. The van der Waals surface area contributed by atoms with Crippen molar-refractivity contribution in [3.8, 4) is 11.3 Å². The molecule has 2 aromatic rings. The summed E-state index contributed by atoms with van der Waals surface area (Å²) >= 11 is 0. The molecule has 1 aliphatic carbocycles. The van der Waals surface area contributed by atoms with Crippen LogP contribution in [0.2, 0.25) is 0 Å². The van der Waals surface area contributed by atoms with Crippen LogP contribution in [0.4, 0.5) is 5.95 Å². The molecule has 0 atom stereocenters. The van der Waals surface area contributed by atoms with Crippen molar-refractivity contribution in [2.75, 3.05) is 32.1 Å². The van der Waals surface area contributed by atoms with Gasteiger partial charge in [0.1, 0.15) is 0 Å². The number of carbonyl (C=O) groups excluding carboxylic acids is 1. The maximum absolute atomic E-state index is 12.6.